The Morgan fingerprint density at radius 3 is 2.67 bits per heavy atom. The van der Waals surface area contributed by atoms with Gasteiger partial charge in [-0.05, 0) is 36.6 Å². The first kappa shape index (κ1) is 12.6. The average Bonchev–Trinajstić information content (AvgIpc) is 2.27. The molecule has 0 fully saturated rings. The van der Waals surface area contributed by atoms with E-state index in [4.69, 9.17) is 5.73 Å². The topological polar surface area (TPSA) is 63.3 Å². The van der Waals surface area contributed by atoms with Crippen LogP contribution in [-0.4, -0.2) is 16.6 Å². The number of aryl methyl sites for hydroxylation is 1. The van der Waals surface area contributed by atoms with Crippen molar-refractivity contribution in [3.63, 3.8) is 0 Å². The molecule has 1 aliphatic carbocycles. The van der Waals surface area contributed by atoms with Gasteiger partial charge in [-0.25, -0.2) is 0 Å². The predicted molar refractivity (Wildman–Crippen MR) is 71.6 cm³/mol. The highest BCUT2D eigenvalue weighted by molar-refractivity contribution is 5.94. The molecule has 3 N–H and O–H groups in total. The molecule has 1 aromatic rings. The van der Waals surface area contributed by atoms with Gasteiger partial charge in [-0.15, -0.1) is 0 Å². The summed E-state index contributed by atoms with van der Waals surface area (Å²) in [5.74, 6) is -0.887. The van der Waals surface area contributed by atoms with Crippen molar-refractivity contribution in [1.29, 1.82) is 0 Å². The van der Waals surface area contributed by atoms with E-state index >= 15 is 0 Å². The molecule has 0 saturated carbocycles. The molecule has 2 rings (SSSR count). The number of hydrogen-bond acceptors (Lipinski definition) is 2. The minimum atomic E-state index is -1.04. The Bertz CT molecular complexity index is 541. The van der Waals surface area contributed by atoms with Crippen LogP contribution in [0.15, 0.2) is 42.5 Å². The van der Waals surface area contributed by atoms with Crippen molar-refractivity contribution in [1.82, 2.24) is 0 Å². The van der Waals surface area contributed by atoms with Crippen molar-refractivity contribution >= 4 is 11.5 Å². The van der Waals surface area contributed by atoms with E-state index in [1.165, 1.54) is 0 Å². The van der Waals surface area contributed by atoms with Gasteiger partial charge < -0.3 is 10.8 Å². The first-order chi connectivity index (χ1) is 8.41. The van der Waals surface area contributed by atoms with Gasteiger partial charge in [0.25, 0.3) is 0 Å². The summed E-state index contributed by atoms with van der Waals surface area (Å²) < 4.78 is 0. The quantitative estimate of drug-likeness (QED) is 0.778. The Balaban J connectivity index is 2.54. The number of nitrogens with two attached hydrogens (primary N) is 1. The van der Waals surface area contributed by atoms with Gasteiger partial charge in [-0.3, -0.25) is 4.79 Å². The van der Waals surface area contributed by atoms with Crippen LogP contribution in [0.4, 0.5) is 0 Å². The third kappa shape index (κ3) is 2.36. The van der Waals surface area contributed by atoms with Crippen LogP contribution in [-0.2, 0) is 4.79 Å². The standard InChI is InChI=1S/C15H17NO2/c1-10-5-3-4-6-11(10)13-9-15(2,18)8-7-12(13)14(16)17/h3-9,12,18H,1-2H3,(H2,16,17). The Hall–Kier alpha value is -1.87. The lowest BCUT2D eigenvalue weighted by Gasteiger charge is -2.26. The lowest BCUT2D eigenvalue weighted by atomic mass is 9.81. The van der Waals surface area contributed by atoms with Crippen molar-refractivity contribution in [2.45, 2.75) is 19.4 Å². The molecule has 2 atom stereocenters. The number of carbonyl (C=O) groups is 1. The van der Waals surface area contributed by atoms with Crippen LogP contribution in [0.25, 0.3) is 5.57 Å². The van der Waals surface area contributed by atoms with Gasteiger partial charge in [-0.2, -0.15) is 0 Å². The Labute approximate surface area is 107 Å². The van der Waals surface area contributed by atoms with Crippen LogP contribution in [0.2, 0.25) is 0 Å². The van der Waals surface area contributed by atoms with E-state index in [2.05, 4.69) is 0 Å². The second-order valence-electron chi connectivity index (χ2n) is 4.88. The molecule has 0 heterocycles. The Morgan fingerprint density at radius 1 is 1.39 bits per heavy atom. The van der Waals surface area contributed by atoms with Crippen LogP contribution < -0.4 is 5.73 Å². The van der Waals surface area contributed by atoms with Crippen LogP contribution in [0.5, 0.6) is 0 Å². The molecule has 0 spiro atoms. The zero-order chi connectivity index (χ0) is 13.3. The lowest BCUT2D eigenvalue weighted by molar-refractivity contribution is -0.119. The fourth-order valence-corrected chi connectivity index (χ4v) is 2.24. The molecule has 0 radical (unpaired) electrons. The number of rotatable bonds is 2. The molecule has 3 heteroatoms. The van der Waals surface area contributed by atoms with Gasteiger partial charge in [-0.1, -0.05) is 36.4 Å². The summed E-state index contributed by atoms with van der Waals surface area (Å²) in [4.78, 5) is 11.5. The highest BCUT2D eigenvalue weighted by Gasteiger charge is 2.28. The molecule has 1 aromatic carbocycles. The van der Waals surface area contributed by atoms with Gasteiger partial charge in [0.05, 0.1) is 11.5 Å². The molecule has 0 bridgehead atoms. The molecule has 1 amide bonds. The van der Waals surface area contributed by atoms with E-state index in [1.54, 1.807) is 25.2 Å². The maximum Gasteiger partial charge on any atom is 0.228 e. The first-order valence-corrected chi connectivity index (χ1v) is 5.90. The van der Waals surface area contributed by atoms with E-state index in [0.717, 1.165) is 16.7 Å². The summed E-state index contributed by atoms with van der Waals surface area (Å²) in [6.45, 7) is 3.65. The molecule has 2 unspecified atom stereocenters. The zero-order valence-corrected chi connectivity index (χ0v) is 10.6. The minimum Gasteiger partial charge on any atom is -0.382 e. The van der Waals surface area contributed by atoms with Crippen LogP contribution in [0, 0.1) is 12.8 Å². The van der Waals surface area contributed by atoms with E-state index in [0.29, 0.717) is 0 Å². The van der Waals surface area contributed by atoms with Crippen molar-refractivity contribution in [3.05, 3.63) is 53.6 Å². The van der Waals surface area contributed by atoms with Crippen LogP contribution >= 0.6 is 0 Å². The molecular weight excluding hydrogens is 226 g/mol. The monoisotopic (exact) mass is 243 g/mol. The van der Waals surface area contributed by atoms with Gasteiger partial charge in [0.2, 0.25) is 5.91 Å². The second-order valence-corrected chi connectivity index (χ2v) is 4.88. The molecule has 0 aromatic heterocycles. The van der Waals surface area contributed by atoms with E-state index < -0.39 is 17.4 Å². The van der Waals surface area contributed by atoms with Crippen molar-refractivity contribution < 1.29 is 9.90 Å². The average molecular weight is 243 g/mol. The minimum absolute atomic E-state index is 0.406. The molecule has 1 aliphatic rings. The maximum absolute atomic E-state index is 11.5. The van der Waals surface area contributed by atoms with Crippen molar-refractivity contribution in [2.75, 3.05) is 0 Å². The van der Waals surface area contributed by atoms with Crippen molar-refractivity contribution in [2.24, 2.45) is 11.7 Å². The van der Waals surface area contributed by atoms with E-state index in [-0.39, 0.29) is 0 Å². The van der Waals surface area contributed by atoms with Gasteiger partial charge in [0, 0.05) is 0 Å². The molecule has 18 heavy (non-hydrogen) atoms. The zero-order valence-electron chi connectivity index (χ0n) is 10.6. The summed E-state index contributed by atoms with van der Waals surface area (Å²) in [6.07, 6.45) is 4.97. The van der Waals surface area contributed by atoms with E-state index in [9.17, 15) is 9.90 Å². The summed E-state index contributed by atoms with van der Waals surface area (Å²) in [5.41, 5.74) is 7.16. The highest BCUT2D eigenvalue weighted by Crippen LogP contribution is 2.33. The fourth-order valence-electron chi connectivity index (χ4n) is 2.24. The van der Waals surface area contributed by atoms with Gasteiger partial charge in [0.15, 0.2) is 0 Å². The number of carbonyl (C=O) groups excluding carboxylic acids is 1. The van der Waals surface area contributed by atoms with E-state index in [1.807, 2.05) is 31.2 Å². The molecule has 0 saturated heterocycles. The first-order valence-electron chi connectivity index (χ1n) is 5.90. The highest BCUT2D eigenvalue weighted by atomic mass is 16.3. The maximum atomic E-state index is 11.5. The largest absolute Gasteiger partial charge is 0.382 e. The summed E-state index contributed by atoms with van der Waals surface area (Å²) in [7, 11) is 0. The normalized spacial score (nSPS) is 26.8. The third-order valence-corrected chi connectivity index (χ3v) is 3.17. The molecule has 3 nitrogen and oxygen atoms in total. The SMILES string of the molecule is Cc1ccccc1C1=CC(C)(O)C=CC1C(N)=O. The van der Waals surface area contributed by atoms with Gasteiger partial charge in [0.1, 0.15) is 0 Å². The number of hydrogen-bond donors (Lipinski definition) is 2. The number of benzene rings is 1. The third-order valence-electron chi connectivity index (χ3n) is 3.17. The molecule has 0 aliphatic heterocycles. The second kappa shape index (κ2) is 4.42. The Kier molecular flexibility index (Phi) is 3.09. The van der Waals surface area contributed by atoms with Gasteiger partial charge >= 0.3 is 0 Å². The lowest BCUT2D eigenvalue weighted by Crippen LogP contribution is -2.30. The molecule has 94 valence electrons. The van der Waals surface area contributed by atoms with Crippen LogP contribution in [0.3, 0.4) is 0 Å². The van der Waals surface area contributed by atoms with Crippen LogP contribution in [0.1, 0.15) is 18.1 Å². The summed E-state index contributed by atoms with van der Waals surface area (Å²) >= 11 is 0. The number of amides is 1. The predicted octanol–water partition coefficient (Wildman–Crippen LogP) is 1.80. The smallest absolute Gasteiger partial charge is 0.228 e. The summed E-state index contributed by atoms with van der Waals surface area (Å²) in [5, 5.41) is 10.1. The number of primary amides is 1. The summed E-state index contributed by atoms with van der Waals surface area (Å²) in [6, 6.07) is 7.76. The van der Waals surface area contributed by atoms with Crippen molar-refractivity contribution in [3.8, 4) is 0 Å². The Morgan fingerprint density at radius 2 is 2.06 bits per heavy atom. The fraction of sp³-hybridized carbons (Fsp3) is 0.267. The molecular formula is C15H17NO2. The number of aliphatic hydroxyl groups is 1.